The number of para-hydroxylation sites is 1. The van der Waals surface area contributed by atoms with E-state index in [4.69, 9.17) is 0 Å². The summed E-state index contributed by atoms with van der Waals surface area (Å²) in [5.74, 6) is 0. The molecule has 1 unspecified atom stereocenters. The van der Waals surface area contributed by atoms with Crippen molar-refractivity contribution in [3.05, 3.63) is 60.7 Å². The summed E-state index contributed by atoms with van der Waals surface area (Å²) in [5.41, 5.74) is 2.18. The molecule has 108 valence electrons. The maximum Gasteiger partial charge on any atom is 0.102 e. The maximum absolute atomic E-state index is 11.7. The van der Waals surface area contributed by atoms with Crippen LogP contribution in [0.25, 0.3) is 32.9 Å². The monoisotopic (exact) mass is 307 g/mol. The lowest BCUT2D eigenvalue weighted by Gasteiger charge is -2.13. The largest absolute Gasteiger partial charge is 0.768 e. The average Bonchev–Trinajstić information content (AvgIpc) is 2.97. The predicted molar refractivity (Wildman–Crippen MR) is 86.2 cm³/mol. The fraction of sp³-hybridized carbons (Fsp3) is 0. The predicted octanol–water partition coefficient (Wildman–Crippen LogP) is 3.62. The van der Waals surface area contributed by atoms with Gasteiger partial charge in [0.25, 0.3) is 0 Å². The Hall–Kier alpha value is -2.50. The Kier molecular flexibility index (Phi) is 3.03. The first kappa shape index (κ1) is 13.2. The Balaban J connectivity index is 2.17. The van der Waals surface area contributed by atoms with Gasteiger partial charge in [-0.3, -0.25) is 9.31 Å². The fourth-order valence-electron chi connectivity index (χ4n) is 2.79. The minimum absolute atomic E-state index is 0.260. The van der Waals surface area contributed by atoms with Gasteiger partial charge in [0, 0.05) is 15.8 Å². The summed E-state index contributed by atoms with van der Waals surface area (Å²) in [6.07, 6.45) is 0. The van der Waals surface area contributed by atoms with Gasteiger partial charge >= 0.3 is 0 Å². The quantitative estimate of drug-likeness (QED) is 0.575. The van der Waals surface area contributed by atoms with Crippen LogP contribution < -0.4 is 0 Å². The second-order valence-electron chi connectivity index (χ2n) is 5.01. The van der Waals surface area contributed by atoms with Crippen LogP contribution in [0, 0.1) is 0 Å². The van der Waals surface area contributed by atoms with Gasteiger partial charge in [0.05, 0.1) is 5.52 Å². The zero-order valence-corrected chi connectivity index (χ0v) is 12.3. The van der Waals surface area contributed by atoms with E-state index in [0.29, 0.717) is 11.3 Å². The van der Waals surface area contributed by atoms with Crippen LogP contribution in [0.3, 0.4) is 0 Å². The molecule has 1 N–H and O–H groups in total. The van der Waals surface area contributed by atoms with Crippen molar-refractivity contribution in [3.8, 4) is 11.3 Å². The summed E-state index contributed by atoms with van der Waals surface area (Å²) in [6.45, 7) is 0. The van der Waals surface area contributed by atoms with Crippen molar-refractivity contribution < 1.29 is 8.76 Å². The third-order valence-electron chi connectivity index (χ3n) is 3.78. The van der Waals surface area contributed by atoms with Crippen molar-refractivity contribution >= 4 is 32.8 Å². The van der Waals surface area contributed by atoms with Crippen LogP contribution in [0.1, 0.15) is 0 Å². The Morgan fingerprint density at radius 3 is 2.45 bits per heavy atom. The second kappa shape index (κ2) is 5.05. The molecule has 0 bridgehead atoms. The topological polar surface area (TPSA) is 68.8 Å². The number of nitrogens with zero attached hydrogens (tertiary/aromatic N) is 1. The molecule has 0 aliphatic carbocycles. The van der Waals surface area contributed by atoms with E-state index in [9.17, 15) is 8.76 Å². The molecule has 4 rings (SSSR count). The van der Waals surface area contributed by atoms with Gasteiger partial charge in [0.15, 0.2) is 0 Å². The average molecular weight is 307 g/mol. The molecule has 0 amide bonds. The Morgan fingerprint density at radius 1 is 0.909 bits per heavy atom. The number of nitrogens with one attached hydrogen (secondary N) is 1. The Morgan fingerprint density at radius 2 is 1.64 bits per heavy atom. The van der Waals surface area contributed by atoms with E-state index in [1.54, 1.807) is 6.07 Å². The first-order valence-corrected chi connectivity index (χ1v) is 7.87. The number of hydrogen-bond donors (Lipinski definition) is 1. The zero-order valence-electron chi connectivity index (χ0n) is 11.4. The molecule has 4 nitrogen and oxygen atoms in total. The van der Waals surface area contributed by atoms with Crippen LogP contribution in [-0.4, -0.2) is 19.0 Å². The summed E-state index contributed by atoms with van der Waals surface area (Å²) in [7, 11) is 0. The van der Waals surface area contributed by atoms with E-state index < -0.39 is 11.1 Å². The summed E-state index contributed by atoms with van der Waals surface area (Å²) in [4.78, 5) is 0.260. The Labute approximate surface area is 129 Å². The highest BCUT2D eigenvalue weighted by molar-refractivity contribution is 7.79. The lowest BCUT2D eigenvalue weighted by molar-refractivity contribution is 0.537. The molecular weight excluding hydrogens is 296 g/mol. The van der Waals surface area contributed by atoms with E-state index in [0.717, 1.165) is 21.7 Å². The van der Waals surface area contributed by atoms with Gasteiger partial charge in [0.1, 0.15) is 5.69 Å². The molecule has 0 fully saturated rings. The fourth-order valence-corrected chi connectivity index (χ4v) is 3.34. The van der Waals surface area contributed by atoms with Crippen molar-refractivity contribution in [1.29, 1.82) is 0 Å². The molecule has 0 aliphatic heterocycles. The second-order valence-corrected chi connectivity index (χ2v) is 5.92. The third-order valence-corrected chi connectivity index (χ3v) is 4.48. The molecule has 0 aliphatic rings. The van der Waals surface area contributed by atoms with Crippen molar-refractivity contribution in [1.82, 2.24) is 10.2 Å². The summed E-state index contributed by atoms with van der Waals surface area (Å²) >= 11 is -2.33. The lowest BCUT2D eigenvalue weighted by Crippen LogP contribution is -1.95. The zero-order chi connectivity index (χ0) is 15.1. The molecule has 0 saturated heterocycles. The molecule has 1 atom stereocenters. The molecule has 1 heterocycles. The van der Waals surface area contributed by atoms with Gasteiger partial charge in [-0.1, -0.05) is 48.5 Å². The molecule has 22 heavy (non-hydrogen) atoms. The molecule has 1 aromatic heterocycles. The third kappa shape index (κ3) is 1.94. The summed E-state index contributed by atoms with van der Waals surface area (Å²) < 4.78 is 23.3. The van der Waals surface area contributed by atoms with Gasteiger partial charge in [-0.25, -0.2) is 0 Å². The van der Waals surface area contributed by atoms with Crippen LogP contribution in [0.2, 0.25) is 0 Å². The van der Waals surface area contributed by atoms with Gasteiger partial charge in [-0.2, -0.15) is 5.10 Å². The van der Waals surface area contributed by atoms with E-state index >= 15 is 0 Å². The molecule has 3 aromatic carbocycles. The van der Waals surface area contributed by atoms with Gasteiger partial charge < -0.3 is 4.55 Å². The van der Waals surface area contributed by atoms with Gasteiger partial charge in [0.2, 0.25) is 0 Å². The van der Waals surface area contributed by atoms with Crippen LogP contribution in [0.5, 0.6) is 0 Å². The van der Waals surface area contributed by atoms with Crippen molar-refractivity contribution in [2.75, 3.05) is 0 Å². The van der Waals surface area contributed by atoms with Crippen LogP contribution >= 0.6 is 0 Å². The number of aromatic nitrogens is 2. The van der Waals surface area contributed by atoms with E-state index in [-0.39, 0.29) is 4.90 Å². The summed E-state index contributed by atoms with van der Waals surface area (Å²) in [5, 5.41) is 10.1. The van der Waals surface area contributed by atoms with E-state index in [1.165, 1.54) is 0 Å². The molecule has 0 saturated carbocycles. The summed E-state index contributed by atoms with van der Waals surface area (Å²) in [6, 6.07) is 18.9. The Bertz CT molecular complexity index is 1020. The molecule has 5 heteroatoms. The highest BCUT2D eigenvalue weighted by Gasteiger charge is 2.15. The number of benzene rings is 3. The molecular formula is C17H11N2O2S-. The normalized spacial score (nSPS) is 12.8. The SMILES string of the molecule is O=S([O-])c1ccc2ccccc2c1-c1n[nH]c2ccccc12. The van der Waals surface area contributed by atoms with Gasteiger partial charge in [-0.05, 0) is 34.0 Å². The molecule has 0 spiro atoms. The van der Waals surface area contributed by atoms with Crippen LogP contribution in [0.4, 0.5) is 0 Å². The number of aromatic amines is 1. The highest BCUT2D eigenvalue weighted by Crippen LogP contribution is 2.36. The minimum Gasteiger partial charge on any atom is -0.768 e. The van der Waals surface area contributed by atoms with E-state index in [2.05, 4.69) is 10.2 Å². The minimum atomic E-state index is -2.33. The maximum atomic E-state index is 11.7. The number of fused-ring (bicyclic) bond motifs is 2. The van der Waals surface area contributed by atoms with Crippen molar-refractivity contribution in [3.63, 3.8) is 0 Å². The first-order chi connectivity index (χ1) is 10.8. The van der Waals surface area contributed by atoms with Crippen LogP contribution in [0.15, 0.2) is 65.6 Å². The lowest BCUT2D eigenvalue weighted by atomic mass is 10.00. The van der Waals surface area contributed by atoms with Crippen molar-refractivity contribution in [2.24, 2.45) is 0 Å². The first-order valence-electron chi connectivity index (χ1n) is 6.80. The van der Waals surface area contributed by atoms with Gasteiger partial charge in [-0.15, -0.1) is 0 Å². The number of H-pyrrole nitrogens is 1. The highest BCUT2D eigenvalue weighted by atomic mass is 32.2. The standard InChI is InChI=1S/C17H12N2O2S/c20-22(21)15-10-9-11-5-1-2-6-12(11)16(15)17-13-7-3-4-8-14(13)18-19-17/h1-10H,(H,18,19)(H,20,21)/p-1. The van der Waals surface area contributed by atoms with Crippen molar-refractivity contribution in [2.45, 2.75) is 4.90 Å². The number of rotatable bonds is 2. The van der Waals surface area contributed by atoms with Crippen LogP contribution in [-0.2, 0) is 11.1 Å². The number of hydrogen-bond acceptors (Lipinski definition) is 3. The smallest absolute Gasteiger partial charge is 0.102 e. The molecule has 0 radical (unpaired) electrons. The van der Waals surface area contributed by atoms with E-state index in [1.807, 2.05) is 54.6 Å². The molecule has 4 aromatic rings.